The number of carbonyl (C=O) groups is 1. The molecule has 3 N–H and O–H groups in total. The summed E-state index contributed by atoms with van der Waals surface area (Å²) in [5.74, 6) is -6.84. The first-order valence-corrected chi connectivity index (χ1v) is 5.15. The van der Waals surface area contributed by atoms with Crippen LogP contribution in [0.1, 0.15) is 10.4 Å². The summed E-state index contributed by atoms with van der Waals surface area (Å²) in [5.41, 5.74) is 4.34. The van der Waals surface area contributed by atoms with Gasteiger partial charge in [0.2, 0.25) is 0 Å². The van der Waals surface area contributed by atoms with Crippen LogP contribution in [0.15, 0.2) is 12.1 Å². The summed E-state index contributed by atoms with van der Waals surface area (Å²) in [6, 6.07) is 1.13. The lowest BCUT2D eigenvalue weighted by Crippen LogP contribution is -2.41. The predicted octanol–water partition coefficient (Wildman–Crippen LogP) is 2.36. The van der Waals surface area contributed by atoms with E-state index in [0.29, 0.717) is 12.1 Å². The third kappa shape index (κ3) is 4.85. The van der Waals surface area contributed by atoms with Crippen molar-refractivity contribution in [3.05, 3.63) is 34.4 Å². The molecule has 1 amide bonds. The van der Waals surface area contributed by atoms with E-state index < -0.39 is 42.1 Å². The largest absolute Gasteiger partial charge is 0.346 e. The number of alkyl halides is 2. The van der Waals surface area contributed by atoms with Crippen molar-refractivity contribution in [2.75, 3.05) is 13.1 Å². The average Bonchev–Trinajstić information content (AvgIpc) is 2.31. The van der Waals surface area contributed by atoms with Gasteiger partial charge in [-0.15, -0.1) is 12.4 Å². The predicted molar refractivity (Wildman–Crippen MR) is 65.0 cm³/mol. The molecule has 1 aromatic carbocycles. The lowest BCUT2D eigenvalue weighted by atomic mass is 10.2. The average molecular weight is 321 g/mol. The first-order valence-electron chi connectivity index (χ1n) is 4.77. The second kappa shape index (κ2) is 6.93. The standard InChI is InChI=1S/C10H9ClF4N2O.ClH/c11-6-2-8(13)7(12)1-5(6)9(18)17-4-10(14,15)3-16;/h1-2H,3-4,16H2,(H,17,18);1H. The molecule has 0 spiro atoms. The van der Waals surface area contributed by atoms with Crippen LogP contribution in [-0.2, 0) is 0 Å². The van der Waals surface area contributed by atoms with Gasteiger partial charge in [0.05, 0.1) is 23.7 Å². The first-order chi connectivity index (χ1) is 8.26. The van der Waals surface area contributed by atoms with E-state index in [1.165, 1.54) is 0 Å². The maximum absolute atomic E-state index is 12.9. The normalized spacial score (nSPS) is 10.8. The summed E-state index contributed by atoms with van der Waals surface area (Å²) in [4.78, 5) is 11.4. The van der Waals surface area contributed by atoms with E-state index in [1.807, 2.05) is 5.32 Å². The van der Waals surface area contributed by atoms with Crippen LogP contribution >= 0.6 is 24.0 Å². The Morgan fingerprint density at radius 1 is 1.32 bits per heavy atom. The highest BCUT2D eigenvalue weighted by molar-refractivity contribution is 6.33. The molecular formula is C10H10Cl2F4N2O. The number of carbonyl (C=O) groups excluding carboxylic acids is 1. The number of halogens is 6. The smallest absolute Gasteiger partial charge is 0.277 e. The Bertz CT molecular complexity index is 471. The van der Waals surface area contributed by atoms with Gasteiger partial charge in [0, 0.05) is 0 Å². The summed E-state index contributed by atoms with van der Waals surface area (Å²) in [6.07, 6.45) is 0. The summed E-state index contributed by atoms with van der Waals surface area (Å²) < 4.78 is 51.1. The molecule has 0 atom stereocenters. The van der Waals surface area contributed by atoms with E-state index in [9.17, 15) is 22.4 Å². The molecule has 0 heterocycles. The third-order valence-corrected chi connectivity index (χ3v) is 2.37. The van der Waals surface area contributed by atoms with Crippen LogP contribution in [0, 0.1) is 11.6 Å². The van der Waals surface area contributed by atoms with Gasteiger partial charge in [-0.2, -0.15) is 0 Å². The van der Waals surface area contributed by atoms with Gasteiger partial charge in [0.25, 0.3) is 11.8 Å². The van der Waals surface area contributed by atoms with Crippen molar-refractivity contribution in [3.63, 3.8) is 0 Å². The minimum Gasteiger partial charge on any atom is -0.346 e. The number of amides is 1. The number of hydrogen-bond donors (Lipinski definition) is 2. The summed E-state index contributed by atoms with van der Waals surface area (Å²) in [5, 5.41) is 1.46. The molecule has 0 aliphatic carbocycles. The van der Waals surface area contributed by atoms with Crippen molar-refractivity contribution in [3.8, 4) is 0 Å². The minimum absolute atomic E-state index is 0. The van der Waals surface area contributed by atoms with Crippen molar-refractivity contribution < 1.29 is 22.4 Å². The Kier molecular flexibility index (Phi) is 6.54. The van der Waals surface area contributed by atoms with Crippen LogP contribution in [0.3, 0.4) is 0 Å². The zero-order valence-corrected chi connectivity index (χ0v) is 10.9. The van der Waals surface area contributed by atoms with Crippen LogP contribution in [0.4, 0.5) is 17.6 Å². The van der Waals surface area contributed by atoms with E-state index in [1.54, 1.807) is 0 Å². The van der Waals surface area contributed by atoms with Crippen molar-refractivity contribution >= 4 is 29.9 Å². The molecule has 0 saturated heterocycles. The maximum Gasteiger partial charge on any atom is 0.277 e. The van der Waals surface area contributed by atoms with Gasteiger partial charge in [-0.3, -0.25) is 4.79 Å². The summed E-state index contributed by atoms with van der Waals surface area (Å²) in [6.45, 7) is -1.96. The molecule has 108 valence electrons. The van der Waals surface area contributed by atoms with Crippen molar-refractivity contribution in [1.82, 2.24) is 5.32 Å². The zero-order valence-electron chi connectivity index (χ0n) is 9.35. The van der Waals surface area contributed by atoms with Gasteiger partial charge in [0.15, 0.2) is 11.6 Å². The fraction of sp³-hybridized carbons (Fsp3) is 0.300. The Morgan fingerprint density at radius 2 is 1.84 bits per heavy atom. The van der Waals surface area contributed by atoms with Gasteiger partial charge in [-0.25, -0.2) is 17.6 Å². The third-order valence-electron chi connectivity index (χ3n) is 2.06. The molecule has 0 aromatic heterocycles. The highest BCUT2D eigenvalue weighted by Gasteiger charge is 2.28. The Morgan fingerprint density at radius 3 is 2.37 bits per heavy atom. The van der Waals surface area contributed by atoms with Crippen molar-refractivity contribution in [2.24, 2.45) is 5.73 Å². The van der Waals surface area contributed by atoms with E-state index in [2.05, 4.69) is 0 Å². The molecule has 0 bridgehead atoms. The van der Waals surface area contributed by atoms with Crippen molar-refractivity contribution in [2.45, 2.75) is 5.92 Å². The highest BCUT2D eigenvalue weighted by atomic mass is 35.5. The quantitative estimate of drug-likeness (QED) is 0.661. The molecule has 0 fully saturated rings. The summed E-state index contributed by atoms with van der Waals surface area (Å²) >= 11 is 5.50. The van der Waals surface area contributed by atoms with Gasteiger partial charge in [-0.1, -0.05) is 11.6 Å². The topological polar surface area (TPSA) is 55.1 Å². The monoisotopic (exact) mass is 320 g/mol. The molecular weight excluding hydrogens is 311 g/mol. The lowest BCUT2D eigenvalue weighted by Gasteiger charge is -2.14. The Hall–Kier alpha value is -1.05. The van der Waals surface area contributed by atoms with Crippen molar-refractivity contribution in [1.29, 1.82) is 0 Å². The molecule has 0 unspecified atom stereocenters. The highest BCUT2D eigenvalue weighted by Crippen LogP contribution is 2.20. The number of nitrogens with one attached hydrogen (secondary N) is 1. The van der Waals surface area contributed by atoms with Crippen LogP contribution < -0.4 is 11.1 Å². The second-order valence-electron chi connectivity index (χ2n) is 3.49. The van der Waals surface area contributed by atoms with E-state index in [4.69, 9.17) is 17.3 Å². The molecule has 9 heteroatoms. The number of benzene rings is 1. The second-order valence-corrected chi connectivity index (χ2v) is 3.90. The van der Waals surface area contributed by atoms with E-state index in [-0.39, 0.29) is 17.4 Å². The fourth-order valence-corrected chi connectivity index (χ4v) is 1.31. The minimum atomic E-state index is -3.28. The molecule has 0 radical (unpaired) electrons. The van der Waals surface area contributed by atoms with Gasteiger partial charge in [0.1, 0.15) is 0 Å². The molecule has 0 aliphatic heterocycles. The summed E-state index contributed by atoms with van der Waals surface area (Å²) in [7, 11) is 0. The fourth-order valence-electron chi connectivity index (χ4n) is 1.07. The molecule has 19 heavy (non-hydrogen) atoms. The SMILES string of the molecule is Cl.NCC(F)(F)CNC(=O)c1cc(F)c(F)cc1Cl. The number of hydrogen-bond acceptors (Lipinski definition) is 2. The molecule has 0 aliphatic rings. The molecule has 3 nitrogen and oxygen atoms in total. The first kappa shape index (κ1) is 17.9. The van der Waals surface area contributed by atoms with Crippen LogP contribution in [-0.4, -0.2) is 24.9 Å². The van der Waals surface area contributed by atoms with Gasteiger partial charge < -0.3 is 11.1 Å². The van der Waals surface area contributed by atoms with Gasteiger partial charge >= 0.3 is 0 Å². The van der Waals surface area contributed by atoms with E-state index >= 15 is 0 Å². The zero-order chi connectivity index (χ0) is 13.9. The Labute approximate surface area is 117 Å². The van der Waals surface area contributed by atoms with Gasteiger partial charge in [-0.05, 0) is 12.1 Å². The molecule has 1 aromatic rings. The Balaban J connectivity index is 0.00000324. The van der Waals surface area contributed by atoms with Crippen LogP contribution in [0.2, 0.25) is 5.02 Å². The van der Waals surface area contributed by atoms with E-state index in [0.717, 1.165) is 0 Å². The number of nitrogens with two attached hydrogens (primary N) is 1. The lowest BCUT2D eigenvalue weighted by molar-refractivity contribution is 0.0118. The van der Waals surface area contributed by atoms with Crippen LogP contribution in [0.25, 0.3) is 0 Å². The molecule has 0 saturated carbocycles. The number of rotatable bonds is 4. The maximum atomic E-state index is 12.9. The molecule has 1 rings (SSSR count). The van der Waals surface area contributed by atoms with Crippen LogP contribution in [0.5, 0.6) is 0 Å².